The minimum atomic E-state index is -1.24. The zero-order valence-corrected chi connectivity index (χ0v) is 10.6. The summed E-state index contributed by atoms with van der Waals surface area (Å²) in [7, 11) is 0. The Balaban J connectivity index is 2.66. The van der Waals surface area contributed by atoms with Crippen LogP contribution in [-0.2, 0) is 0 Å². The van der Waals surface area contributed by atoms with Crippen LogP contribution in [0.5, 0.6) is 0 Å². The van der Waals surface area contributed by atoms with E-state index in [1.807, 2.05) is 0 Å². The van der Waals surface area contributed by atoms with Crippen molar-refractivity contribution < 1.29 is 24.2 Å². The van der Waals surface area contributed by atoms with Crippen molar-refractivity contribution in [3.8, 4) is 11.1 Å². The molecular weight excluding hydrogens is 263 g/mol. The third kappa shape index (κ3) is 2.51. The van der Waals surface area contributed by atoms with Gasteiger partial charge in [0.25, 0.3) is 0 Å². The lowest BCUT2D eigenvalue weighted by Gasteiger charge is -2.10. The molecule has 2 aromatic carbocycles. The van der Waals surface area contributed by atoms with Gasteiger partial charge in [0.1, 0.15) is 5.82 Å². The SMILES string of the molecule is Cc1c(C(=O)O)cccc1-c1cc(F)cc(C(=O)O)c1. The van der Waals surface area contributed by atoms with Gasteiger partial charge in [0.2, 0.25) is 0 Å². The molecule has 0 bridgehead atoms. The molecule has 102 valence electrons. The predicted octanol–water partition coefficient (Wildman–Crippen LogP) is 3.20. The second kappa shape index (κ2) is 5.13. The number of hydrogen-bond acceptors (Lipinski definition) is 2. The van der Waals surface area contributed by atoms with E-state index in [2.05, 4.69) is 0 Å². The fourth-order valence-corrected chi connectivity index (χ4v) is 2.05. The molecule has 2 N–H and O–H groups in total. The van der Waals surface area contributed by atoms with Crippen molar-refractivity contribution in [3.05, 3.63) is 58.9 Å². The van der Waals surface area contributed by atoms with E-state index < -0.39 is 17.8 Å². The Morgan fingerprint density at radius 2 is 1.75 bits per heavy atom. The Morgan fingerprint density at radius 3 is 2.35 bits per heavy atom. The highest BCUT2D eigenvalue weighted by atomic mass is 19.1. The quantitative estimate of drug-likeness (QED) is 0.901. The molecule has 2 aromatic rings. The second-order valence-electron chi connectivity index (χ2n) is 4.32. The highest BCUT2D eigenvalue weighted by molar-refractivity contribution is 5.93. The topological polar surface area (TPSA) is 74.6 Å². The van der Waals surface area contributed by atoms with E-state index >= 15 is 0 Å². The summed E-state index contributed by atoms with van der Waals surface area (Å²) < 4.78 is 13.5. The van der Waals surface area contributed by atoms with Crippen LogP contribution in [0.3, 0.4) is 0 Å². The number of rotatable bonds is 3. The van der Waals surface area contributed by atoms with Gasteiger partial charge in [0.15, 0.2) is 0 Å². The van der Waals surface area contributed by atoms with E-state index in [0.717, 1.165) is 6.07 Å². The number of carbonyl (C=O) groups is 2. The van der Waals surface area contributed by atoms with Crippen LogP contribution in [0, 0.1) is 12.7 Å². The summed E-state index contributed by atoms with van der Waals surface area (Å²) in [5.41, 5.74) is 1.21. The first kappa shape index (κ1) is 13.7. The van der Waals surface area contributed by atoms with Crippen LogP contribution in [-0.4, -0.2) is 22.2 Å². The van der Waals surface area contributed by atoms with Crippen molar-refractivity contribution >= 4 is 11.9 Å². The smallest absolute Gasteiger partial charge is 0.335 e. The van der Waals surface area contributed by atoms with Crippen molar-refractivity contribution in [1.29, 1.82) is 0 Å². The number of halogens is 1. The number of benzene rings is 2. The number of carboxylic acid groups (broad SMARTS) is 2. The molecule has 0 saturated heterocycles. The van der Waals surface area contributed by atoms with Gasteiger partial charge < -0.3 is 10.2 Å². The molecule has 0 atom stereocenters. The molecule has 0 amide bonds. The standard InChI is InChI=1S/C15H11FO4/c1-8-12(3-2-4-13(8)15(19)20)9-5-10(14(17)18)7-11(16)6-9/h2-7H,1H3,(H,17,18)(H,19,20). The van der Waals surface area contributed by atoms with Crippen molar-refractivity contribution in [2.24, 2.45) is 0 Å². The minimum Gasteiger partial charge on any atom is -0.478 e. The average Bonchev–Trinajstić information content (AvgIpc) is 2.37. The highest BCUT2D eigenvalue weighted by Crippen LogP contribution is 2.27. The fourth-order valence-electron chi connectivity index (χ4n) is 2.05. The number of hydrogen-bond donors (Lipinski definition) is 2. The van der Waals surface area contributed by atoms with Crippen molar-refractivity contribution in [1.82, 2.24) is 0 Å². The van der Waals surface area contributed by atoms with Crippen LogP contribution in [0.1, 0.15) is 26.3 Å². The first-order valence-corrected chi connectivity index (χ1v) is 5.77. The lowest BCUT2D eigenvalue weighted by Crippen LogP contribution is -2.02. The van der Waals surface area contributed by atoms with Crippen molar-refractivity contribution in [3.63, 3.8) is 0 Å². The lowest BCUT2D eigenvalue weighted by molar-refractivity contribution is 0.0685. The van der Waals surface area contributed by atoms with Gasteiger partial charge in [0.05, 0.1) is 11.1 Å². The van der Waals surface area contributed by atoms with E-state index in [1.54, 1.807) is 13.0 Å². The fraction of sp³-hybridized carbons (Fsp3) is 0.0667. The summed E-state index contributed by atoms with van der Waals surface area (Å²) in [4.78, 5) is 22.0. The van der Waals surface area contributed by atoms with Crippen LogP contribution >= 0.6 is 0 Å². The van der Waals surface area contributed by atoms with E-state index in [1.165, 1.54) is 24.3 Å². The summed E-state index contributed by atoms with van der Waals surface area (Å²) in [6, 6.07) is 8.03. The molecule has 0 aliphatic carbocycles. The Hall–Kier alpha value is -2.69. The first-order chi connectivity index (χ1) is 9.40. The van der Waals surface area contributed by atoms with Crippen LogP contribution in [0.15, 0.2) is 36.4 Å². The molecule has 0 heterocycles. The molecular formula is C15H11FO4. The number of carboxylic acids is 2. The summed E-state index contributed by atoms with van der Waals surface area (Å²) in [6.45, 7) is 1.60. The summed E-state index contributed by atoms with van der Waals surface area (Å²) >= 11 is 0. The third-order valence-electron chi connectivity index (χ3n) is 3.02. The molecule has 0 aliphatic rings. The Bertz CT molecular complexity index is 707. The van der Waals surface area contributed by atoms with Crippen LogP contribution in [0.4, 0.5) is 4.39 Å². The van der Waals surface area contributed by atoms with E-state index in [0.29, 0.717) is 16.7 Å². The van der Waals surface area contributed by atoms with Crippen molar-refractivity contribution in [2.45, 2.75) is 6.92 Å². The average molecular weight is 274 g/mol. The molecule has 0 unspecified atom stereocenters. The van der Waals surface area contributed by atoms with Gasteiger partial charge in [-0.3, -0.25) is 0 Å². The zero-order valence-electron chi connectivity index (χ0n) is 10.6. The summed E-state index contributed by atoms with van der Waals surface area (Å²) in [5.74, 6) is -3.00. The monoisotopic (exact) mass is 274 g/mol. The maximum absolute atomic E-state index is 13.5. The van der Waals surface area contributed by atoms with Crippen LogP contribution in [0.2, 0.25) is 0 Å². The third-order valence-corrected chi connectivity index (χ3v) is 3.02. The van der Waals surface area contributed by atoms with Gasteiger partial charge in [-0.1, -0.05) is 12.1 Å². The lowest BCUT2D eigenvalue weighted by atomic mass is 9.95. The Labute approximate surface area is 114 Å². The maximum atomic E-state index is 13.5. The highest BCUT2D eigenvalue weighted by Gasteiger charge is 2.14. The van der Waals surface area contributed by atoms with Gasteiger partial charge in [0, 0.05) is 0 Å². The predicted molar refractivity (Wildman–Crippen MR) is 70.5 cm³/mol. The van der Waals surface area contributed by atoms with E-state index in [4.69, 9.17) is 10.2 Å². The molecule has 20 heavy (non-hydrogen) atoms. The van der Waals surface area contributed by atoms with Gasteiger partial charge in [-0.05, 0) is 47.9 Å². The molecule has 0 aromatic heterocycles. The Kier molecular flexibility index (Phi) is 3.52. The summed E-state index contributed by atoms with van der Waals surface area (Å²) in [6.07, 6.45) is 0. The molecule has 0 radical (unpaired) electrons. The summed E-state index contributed by atoms with van der Waals surface area (Å²) in [5, 5.41) is 18.0. The largest absolute Gasteiger partial charge is 0.478 e. The van der Waals surface area contributed by atoms with Gasteiger partial charge in [-0.2, -0.15) is 0 Å². The van der Waals surface area contributed by atoms with Crippen LogP contribution in [0.25, 0.3) is 11.1 Å². The molecule has 0 spiro atoms. The Morgan fingerprint density at radius 1 is 1.05 bits per heavy atom. The zero-order chi connectivity index (χ0) is 14.9. The second-order valence-corrected chi connectivity index (χ2v) is 4.32. The first-order valence-electron chi connectivity index (χ1n) is 5.77. The molecule has 5 heteroatoms. The molecule has 4 nitrogen and oxygen atoms in total. The molecule has 2 rings (SSSR count). The van der Waals surface area contributed by atoms with Crippen molar-refractivity contribution in [2.75, 3.05) is 0 Å². The minimum absolute atomic E-state index is 0.101. The van der Waals surface area contributed by atoms with Gasteiger partial charge in [-0.15, -0.1) is 0 Å². The molecule has 0 saturated carbocycles. The number of aromatic carboxylic acids is 2. The molecule has 0 aliphatic heterocycles. The van der Waals surface area contributed by atoms with Gasteiger partial charge >= 0.3 is 11.9 Å². The van der Waals surface area contributed by atoms with E-state index in [-0.39, 0.29) is 11.1 Å². The normalized spacial score (nSPS) is 10.3. The van der Waals surface area contributed by atoms with Crippen LogP contribution < -0.4 is 0 Å². The van der Waals surface area contributed by atoms with E-state index in [9.17, 15) is 14.0 Å². The molecule has 0 fully saturated rings. The van der Waals surface area contributed by atoms with Gasteiger partial charge in [-0.25, -0.2) is 14.0 Å². The maximum Gasteiger partial charge on any atom is 0.335 e.